The number of non-ortho nitro benzene ring substituents is 1. The zero-order valence-corrected chi connectivity index (χ0v) is 10.6. The average molecular weight is 273 g/mol. The number of hydrogen-bond donors (Lipinski definition) is 1. The maximum Gasteiger partial charge on any atom is 0.271 e. The highest BCUT2D eigenvalue weighted by Crippen LogP contribution is 2.17. The summed E-state index contributed by atoms with van der Waals surface area (Å²) in [7, 11) is 1.53. The molecular formula is C13H11N3O4. The second-order valence-electron chi connectivity index (χ2n) is 4.10. The molecule has 0 atom stereocenters. The molecule has 0 aliphatic carbocycles. The lowest BCUT2D eigenvalue weighted by Crippen LogP contribution is -2.27. The molecule has 102 valence electrons. The number of pyridine rings is 1. The van der Waals surface area contributed by atoms with Crippen LogP contribution in [-0.2, 0) is 7.05 Å². The third-order valence-corrected chi connectivity index (χ3v) is 2.68. The molecular weight excluding hydrogens is 262 g/mol. The lowest BCUT2D eigenvalue weighted by atomic mass is 10.2. The maximum atomic E-state index is 12.0. The van der Waals surface area contributed by atoms with Gasteiger partial charge in [0, 0.05) is 31.1 Å². The first kappa shape index (κ1) is 13.5. The molecule has 7 heteroatoms. The molecule has 0 radical (unpaired) electrons. The van der Waals surface area contributed by atoms with Gasteiger partial charge in [0.1, 0.15) is 5.56 Å². The molecule has 1 amide bonds. The highest BCUT2D eigenvalue weighted by molar-refractivity contribution is 6.04. The zero-order chi connectivity index (χ0) is 14.7. The second-order valence-corrected chi connectivity index (χ2v) is 4.10. The molecule has 0 saturated heterocycles. The molecule has 2 aromatic rings. The number of nitrogens with zero attached hydrogens (tertiary/aromatic N) is 2. The van der Waals surface area contributed by atoms with Crippen molar-refractivity contribution in [1.82, 2.24) is 4.57 Å². The molecule has 1 aromatic carbocycles. The van der Waals surface area contributed by atoms with Gasteiger partial charge in [0.05, 0.1) is 4.92 Å². The largest absolute Gasteiger partial charge is 0.322 e. The molecule has 0 bridgehead atoms. The van der Waals surface area contributed by atoms with Crippen molar-refractivity contribution >= 4 is 17.3 Å². The first-order valence-electron chi connectivity index (χ1n) is 5.70. The van der Waals surface area contributed by atoms with E-state index in [2.05, 4.69) is 5.32 Å². The molecule has 20 heavy (non-hydrogen) atoms. The lowest BCUT2D eigenvalue weighted by Gasteiger charge is -2.05. The Morgan fingerprint density at radius 2 is 2.05 bits per heavy atom. The summed E-state index contributed by atoms with van der Waals surface area (Å²) in [4.78, 5) is 33.8. The Balaban J connectivity index is 2.28. The fourth-order valence-corrected chi connectivity index (χ4v) is 1.67. The minimum absolute atomic E-state index is 0.0264. The van der Waals surface area contributed by atoms with Crippen LogP contribution in [0.15, 0.2) is 47.4 Å². The Hall–Kier alpha value is -2.96. The van der Waals surface area contributed by atoms with Crippen LogP contribution in [0.1, 0.15) is 10.4 Å². The monoisotopic (exact) mass is 273 g/mol. The minimum Gasteiger partial charge on any atom is -0.322 e. The predicted molar refractivity (Wildman–Crippen MR) is 72.7 cm³/mol. The SMILES string of the molecule is Cn1cccc(C(=O)Nc2cccc([N+](=O)[O-])c2)c1=O. The Bertz CT molecular complexity index is 736. The molecule has 0 fully saturated rings. The van der Waals surface area contributed by atoms with Gasteiger partial charge >= 0.3 is 0 Å². The van der Waals surface area contributed by atoms with Crippen molar-refractivity contribution in [2.24, 2.45) is 7.05 Å². The van der Waals surface area contributed by atoms with E-state index in [9.17, 15) is 19.7 Å². The first-order chi connectivity index (χ1) is 9.49. The van der Waals surface area contributed by atoms with Gasteiger partial charge in [-0.3, -0.25) is 19.7 Å². The summed E-state index contributed by atoms with van der Waals surface area (Å²) < 4.78 is 1.28. The van der Waals surface area contributed by atoms with Crippen LogP contribution in [0, 0.1) is 10.1 Å². The van der Waals surface area contributed by atoms with Crippen LogP contribution in [0.4, 0.5) is 11.4 Å². The van der Waals surface area contributed by atoms with Crippen molar-refractivity contribution in [1.29, 1.82) is 0 Å². The summed E-state index contributed by atoms with van der Waals surface area (Å²) in [6.07, 6.45) is 1.53. The van der Waals surface area contributed by atoms with E-state index in [0.29, 0.717) is 0 Å². The smallest absolute Gasteiger partial charge is 0.271 e. The Morgan fingerprint density at radius 3 is 2.75 bits per heavy atom. The standard InChI is InChI=1S/C13H11N3O4/c1-15-7-3-6-11(13(15)18)12(17)14-9-4-2-5-10(8-9)16(19)20/h2-8H,1H3,(H,14,17). The fraction of sp³-hybridized carbons (Fsp3) is 0.0769. The molecule has 0 saturated carbocycles. The molecule has 1 aromatic heterocycles. The van der Waals surface area contributed by atoms with E-state index in [1.54, 1.807) is 6.07 Å². The zero-order valence-electron chi connectivity index (χ0n) is 10.6. The van der Waals surface area contributed by atoms with Crippen LogP contribution in [0.25, 0.3) is 0 Å². The Labute approximate surface area is 113 Å². The van der Waals surface area contributed by atoms with E-state index in [4.69, 9.17) is 0 Å². The van der Waals surface area contributed by atoms with Crippen LogP contribution in [-0.4, -0.2) is 15.4 Å². The number of aryl methyl sites for hydroxylation is 1. The Kier molecular flexibility index (Phi) is 3.60. The van der Waals surface area contributed by atoms with Gasteiger partial charge in [-0.25, -0.2) is 0 Å². The summed E-state index contributed by atoms with van der Waals surface area (Å²) >= 11 is 0. The summed E-state index contributed by atoms with van der Waals surface area (Å²) in [6, 6.07) is 8.48. The van der Waals surface area contributed by atoms with Gasteiger partial charge in [-0.2, -0.15) is 0 Å². The number of aromatic nitrogens is 1. The van der Waals surface area contributed by atoms with E-state index in [1.807, 2.05) is 0 Å². The quantitative estimate of drug-likeness (QED) is 0.678. The molecule has 1 heterocycles. The van der Waals surface area contributed by atoms with E-state index in [-0.39, 0.29) is 16.9 Å². The number of nitrogens with one attached hydrogen (secondary N) is 1. The third-order valence-electron chi connectivity index (χ3n) is 2.68. The van der Waals surface area contributed by atoms with Gasteiger partial charge in [-0.15, -0.1) is 0 Å². The summed E-state index contributed by atoms with van der Waals surface area (Å²) in [5.74, 6) is -0.605. The highest BCUT2D eigenvalue weighted by Gasteiger charge is 2.13. The number of rotatable bonds is 3. The van der Waals surface area contributed by atoms with Gasteiger partial charge in [-0.05, 0) is 18.2 Å². The van der Waals surface area contributed by atoms with Crippen LogP contribution in [0.5, 0.6) is 0 Å². The van der Waals surface area contributed by atoms with Gasteiger partial charge in [0.2, 0.25) is 0 Å². The molecule has 7 nitrogen and oxygen atoms in total. The fourth-order valence-electron chi connectivity index (χ4n) is 1.67. The van der Waals surface area contributed by atoms with Crippen molar-refractivity contribution in [3.63, 3.8) is 0 Å². The second kappa shape index (κ2) is 5.35. The average Bonchev–Trinajstić information content (AvgIpc) is 2.42. The predicted octanol–water partition coefficient (Wildman–Crippen LogP) is 1.55. The van der Waals surface area contributed by atoms with Gasteiger partial charge in [0.15, 0.2) is 0 Å². The number of nitro groups is 1. The number of hydrogen-bond acceptors (Lipinski definition) is 4. The minimum atomic E-state index is -0.605. The normalized spacial score (nSPS) is 10.1. The van der Waals surface area contributed by atoms with Gasteiger partial charge < -0.3 is 9.88 Å². The first-order valence-corrected chi connectivity index (χ1v) is 5.70. The van der Waals surface area contributed by atoms with Crippen LogP contribution in [0.2, 0.25) is 0 Å². The number of anilines is 1. The molecule has 0 spiro atoms. The molecule has 0 aliphatic heterocycles. The topological polar surface area (TPSA) is 94.2 Å². The number of benzene rings is 1. The van der Waals surface area contributed by atoms with E-state index in [0.717, 1.165) is 0 Å². The number of carbonyl (C=O) groups is 1. The van der Waals surface area contributed by atoms with E-state index >= 15 is 0 Å². The molecule has 2 rings (SSSR count). The van der Waals surface area contributed by atoms with Crippen molar-refractivity contribution in [2.45, 2.75) is 0 Å². The van der Waals surface area contributed by atoms with Crippen molar-refractivity contribution < 1.29 is 9.72 Å². The number of amides is 1. The number of carbonyl (C=O) groups excluding carboxylic acids is 1. The van der Waals surface area contributed by atoms with Crippen molar-refractivity contribution in [3.05, 3.63) is 68.6 Å². The van der Waals surface area contributed by atoms with E-state index in [1.165, 1.54) is 48.1 Å². The number of nitro benzene ring substituents is 1. The summed E-state index contributed by atoms with van der Waals surface area (Å²) in [5, 5.41) is 13.1. The lowest BCUT2D eigenvalue weighted by molar-refractivity contribution is -0.384. The summed E-state index contributed by atoms with van der Waals surface area (Å²) in [5.41, 5.74) is -0.337. The molecule has 1 N–H and O–H groups in total. The van der Waals surface area contributed by atoms with Gasteiger partial charge in [0.25, 0.3) is 17.2 Å². The Morgan fingerprint density at radius 1 is 1.30 bits per heavy atom. The molecule has 0 aliphatic rings. The van der Waals surface area contributed by atoms with Crippen LogP contribution >= 0.6 is 0 Å². The molecule has 0 unspecified atom stereocenters. The van der Waals surface area contributed by atoms with Crippen LogP contribution < -0.4 is 10.9 Å². The van der Waals surface area contributed by atoms with Crippen LogP contribution in [0.3, 0.4) is 0 Å². The summed E-state index contributed by atoms with van der Waals surface area (Å²) in [6.45, 7) is 0. The third kappa shape index (κ3) is 2.72. The maximum absolute atomic E-state index is 12.0. The van der Waals surface area contributed by atoms with Crippen molar-refractivity contribution in [3.8, 4) is 0 Å². The van der Waals surface area contributed by atoms with E-state index < -0.39 is 16.4 Å². The highest BCUT2D eigenvalue weighted by atomic mass is 16.6. The van der Waals surface area contributed by atoms with Crippen molar-refractivity contribution in [2.75, 3.05) is 5.32 Å². The van der Waals surface area contributed by atoms with Gasteiger partial charge in [-0.1, -0.05) is 6.07 Å².